The van der Waals surface area contributed by atoms with Gasteiger partial charge in [0.05, 0.1) is 13.1 Å². The van der Waals surface area contributed by atoms with E-state index in [2.05, 4.69) is 11.8 Å². The van der Waals surface area contributed by atoms with Crippen molar-refractivity contribution >= 4 is 5.91 Å². The molecule has 2 N–H and O–H groups in total. The highest BCUT2D eigenvalue weighted by Crippen LogP contribution is 2.38. The van der Waals surface area contributed by atoms with Crippen LogP contribution in [0.15, 0.2) is 18.2 Å². The zero-order chi connectivity index (χ0) is 18.1. The largest absolute Gasteiger partial charge is 0.454 e. The molecular weight excluding hydrogens is 332 g/mol. The van der Waals surface area contributed by atoms with E-state index in [-0.39, 0.29) is 12.7 Å². The second kappa shape index (κ2) is 7.08. The summed E-state index contributed by atoms with van der Waals surface area (Å²) >= 11 is 0. The maximum Gasteiger partial charge on any atom is 0.277 e. The van der Waals surface area contributed by atoms with Gasteiger partial charge in [-0.2, -0.15) is 0 Å². The fourth-order valence-corrected chi connectivity index (χ4v) is 4.45. The number of nitrogens with zero attached hydrogens (tertiary/aromatic N) is 1. The molecule has 6 nitrogen and oxygen atoms in total. The number of ether oxygens (including phenoxy) is 2. The lowest BCUT2D eigenvalue weighted by molar-refractivity contribution is -0.900. The van der Waals surface area contributed by atoms with Crippen LogP contribution in [0.2, 0.25) is 0 Å². The minimum Gasteiger partial charge on any atom is -0.454 e. The van der Waals surface area contributed by atoms with Crippen molar-refractivity contribution in [3.05, 3.63) is 23.8 Å². The molecule has 0 aliphatic carbocycles. The van der Waals surface area contributed by atoms with Crippen molar-refractivity contribution in [3.8, 4) is 11.5 Å². The molecule has 3 heterocycles. The minimum atomic E-state index is -0.841. The SMILES string of the molecule is C[C@H]1CCCCN1C(=O)C[NH+]1CCC(O)(c2ccc3c(c2)OCO3)CC1. The molecule has 0 spiro atoms. The van der Waals surface area contributed by atoms with Gasteiger partial charge < -0.3 is 24.4 Å². The van der Waals surface area contributed by atoms with Crippen LogP contribution in [0.25, 0.3) is 0 Å². The number of hydrogen-bond donors (Lipinski definition) is 2. The van der Waals surface area contributed by atoms with Gasteiger partial charge >= 0.3 is 0 Å². The second-order valence-corrected chi connectivity index (χ2v) is 7.96. The third-order valence-corrected chi connectivity index (χ3v) is 6.22. The van der Waals surface area contributed by atoms with E-state index in [0.717, 1.165) is 43.8 Å². The van der Waals surface area contributed by atoms with Gasteiger partial charge in [0.15, 0.2) is 18.0 Å². The Hall–Kier alpha value is -1.79. The molecule has 0 bridgehead atoms. The van der Waals surface area contributed by atoms with Crippen LogP contribution in [0.5, 0.6) is 11.5 Å². The molecule has 1 amide bonds. The van der Waals surface area contributed by atoms with Crippen molar-refractivity contribution in [1.29, 1.82) is 0 Å². The fraction of sp³-hybridized carbons (Fsp3) is 0.650. The molecule has 2 saturated heterocycles. The molecule has 0 saturated carbocycles. The Morgan fingerprint density at radius 2 is 2.04 bits per heavy atom. The first-order valence-electron chi connectivity index (χ1n) is 9.81. The molecule has 3 aliphatic rings. The smallest absolute Gasteiger partial charge is 0.277 e. The van der Waals surface area contributed by atoms with Crippen molar-refractivity contribution in [2.75, 3.05) is 33.0 Å². The second-order valence-electron chi connectivity index (χ2n) is 7.96. The Morgan fingerprint density at radius 3 is 2.81 bits per heavy atom. The fourth-order valence-electron chi connectivity index (χ4n) is 4.45. The van der Waals surface area contributed by atoms with Crippen LogP contribution in [0.3, 0.4) is 0 Å². The molecule has 6 heteroatoms. The predicted octanol–water partition coefficient (Wildman–Crippen LogP) is 0.683. The van der Waals surface area contributed by atoms with E-state index >= 15 is 0 Å². The third-order valence-electron chi connectivity index (χ3n) is 6.22. The van der Waals surface area contributed by atoms with Crippen molar-refractivity contribution in [2.45, 2.75) is 50.7 Å². The maximum absolute atomic E-state index is 12.6. The lowest BCUT2D eigenvalue weighted by Gasteiger charge is -2.38. The molecule has 1 atom stereocenters. The van der Waals surface area contributed by atoms with E-state index in [4.69, 9.17) is 9.47 Å². The molecular formula is C20H29N2O4+. The molecule has 1 aromatic rings. The molecule has 142 valence electrons. The Labute approximate surface area is 154 Å². The van der Waals surface area contributed by atoms with Crippen molar-refractivity contribution in [3.63, 3.8) is 0 Å². The van der Waals surface area contributed by atoms with E-state index in [1.807, 2.05) is 18.2 Å². The third kappa shape index (κ3) is 3.40. The van der Waals surface area contributed by atoms with Gasteiger partial charge in [-0.3, -0.25) is 4.79 Å². The van der Waals surface area contributed by atoms with Crippen LogP contribution in [0, 0.1) is 0 Å². The highest BCUT2D eigenvalue weighted by molar-refractivity contribution is 5.77. The number of aliphatic hydroxyl groups is 1. The van der Waals surface area contributed by atoms with Gasteiger partial charge in [-0.1, -0.05) is 6.07 Å². The van der Waals surface area contributed by atoms with E-state index < -0.39 is 5.60 Å². The van der Waals surface area contributed by atoms with E-state index in [9.17, 15) is 9.90 Å². The summed E-state index contributed by atoms with van der Waals surface area (Å²) in [7, 11) is 0. The number of nitrogens with one attached hydrogen (secondary N) is 1. The number of fused-ring (bicyclic) bond motifs is 1. The van der Waals surface area contributed by atoms with Crippen LogP contribution < -0.4 is 14.4 Å². The number of carbonyl (C=O) groups is 1. The summed E-state index contributed by atoms with van der Waals surface area (Å²) in [6.45, 7) is 5.45. The lowest BCUT2D eigenvalue weighted by Crippen LogP contribution is -3.14. The highest BCUT2D eigenvalue weighted by atomic mass is 16.7. The number of quaternary nitrogens is 1. The molecule has 26 heavy (non-hydrogen) atoms. The maximum atomic E-state index is 12.6. The zero-order valence-corrected chi connectivity index (χ0v) is 15.5. The average Bonchev–Trinajstić information content (AvgIpc) is 3.12. The Kier molecular flexibility index (Phi) is 4.80. The summed E-state index contributed by atoms with van der Waals surface area (Å²) in [5.74, 6) is 1.71. The first-order valence-corrected chi connectivity index (χ1v) is 9.81. The standard InChI is InChI=1S/C20H28N2O4/c1-15-4-2-3-9-22(15)19(23)13-21-10-7-20(24,8-11-21)16-5-6-17-18(12-16)26-14-25-17/h5-6,12,15,24H,2-4,7-11,13-14H2,1H3/p+1/t15-/m0/s1. The van der Waals surface area contributed by atoms with E-state index in [1.54, 1.807) is 0 Å². The number of likely N-dealkylation sites (tertiary alicyclic amines) is 2. The van der Waals surface area contributed by atoms with E-state index in [0.29, 0.717) is 31.2 Å². The Balaban J connectivity index is 1.35. The summed E-state index contributed by atoms with van der Waals surface area (Å²) < 4.78 is 10.8. The van der Waals surface area contributed by atoms with Gasteiger partial charge in [-0.25, -0.2) is 0 Å². The molecule has 2 fully saturated rings. The number of rotatable bonds is 3. The summed E-state index contributed by atoms with van der Waals surface area (Å²) in [5, 5.41) is 11.1. The highest BCUT2D eigenvalue weighted by Gasteiger charge is 2.38. The van der Waals surface area contributed by atoms with Crippen LogP contribution in [0.4, 0.5) is 0 Å². The molecule has 0 radical (unpaired) electrons. The number of carbonyl (C=O) groups excluding carboxylic acids is 1. The van der Waals surface area contributed by atoms with Crippen molar-refractivity contribution in [1.82, 2.24) is 4.90 Å². The molecule has 1 aromatic carbocycles. The summed E-state index contributed by atoms with van der Waals surface area (Å²) in [4.78, 5) is 16.0. The average molecular weight is 361 g/mol. The zero-order valence-electron chi connectivity index (χ0n) is 15.5. The number of hydrogen-bond acceptors (Lipinski definition) is 4. The predicted molar refractivity (Wildman–Crippen MR) is 96.3 cm³/mol. The van der Waals surface area contributed by atoms with Gasteiger partial charge in [-0.15, -0.1) is 0 Å². The lowest BCUT2D eigenvalue weighted by atomic mass is 9.84. The molecule has 3 aliphatic heterocycles. The number of benzene rings is 1. The van der Waals surface area contributed by atoms with Crippen molar-refractivity contribution in [2.24, 2.45) is 0 Å². The molecule has 4 rings (SSSR count). The molecule has 0 aromatic heterocycles. The van der Waals surface area contributed by atoms with Crippen LogP contribution >= 0.6 is 0 Å². The number of piperidine rings is 2. The number of amides is 1. The van der Waals surface area contributed by atoms with Gasteiger partial charge in [-0.05, 0) is 43.9 Å². The Bertz CT molecular complexity index is 670. The normalized spacial score (nSPS) is 31.1. The van der Waals surface area contributed by atoms with Gasteiger partial charge in [0.25, 0.3) is 5.91 Å². The van der Waals surface area contributed by atoms with Gasteiger partial charge in [0.1, 0.15) is 5.60 Å². The van der Waals surface area contributed by atoms with Crippen LogP contribution in [-0.2, 0) is 10.4 Å². The quantitative estimate of drug-likeness (QED) is 0.831. The van der Waals surface area contributed by atoms with Gasteiger partial charge in [0, 0.05) is 25.4 Å². The minimum absolute atomic E-state index is 0.242. The van der Waals surface area contributed by atoms with Gasteiger partial charge in [0.2, 0.25) is 6.79 Å². The van der Waals surface area contributed by atoms with Crippen LogP contribution in [0.1, 0.15) is 44.6 Å². The van der Waals surface area contributed by atoms with Crippen molar-refractivity contribution < 1.29 is 24.3 Å². The monoisotopic (exact) mass is 361 g/mol. The first-order chi connectivity index (χ1) is 12.5. The van der Waals surface area contributed by atoms with E-state index in [1.165, 1.54) is 11.3 Å². The topological polar surface area (TPSA) is 63.4 Å². The summed E-state index contributed by atoms with van der Waals surface area (Å²) in [5.41, 5.74) is 0.0446. The summed E-state index contributed by atoms with van der Waals surface area (Å²) in [6.07, 6.45) is 4.78. The summed E-state index contributed by atoms with van der Waals surface area (Å²) in [6, 6.07) is 6.06. The van der Waals surface area contributed by atoms with Crippen LogP contribution in [-0.4, -0.2) is 54.9 Å². The first kappa shape index (κ1) is 17.6. The Morgan fingerprint density at radius 1 is 1.27 bits per heavy atom. The molecule has 0 unspecified atom stereocenters.